The fourth-order valence-electron chi connectivity index (χ4n) is 3.27. The molecule has 0 saturated carbocycles. The fourth-order valence-corrected chi connectivity index (χ4v) is 3.27. The van der Waals surface area contributed by atoms with Crippen LogP contribution in [0.5, 0.6) is 23.0 Å². The molecule has 4 heterocycles. The average molecular weight is 350 g/mol. The van der Waals surface area contributed by atoms with E-state index in [-0.39, 0.29) is 0 Å². The third kappa shape index (κ3) is 2.50. The Kier molecular flexibility index (Phi) is 3.59. The summed E-state index contributed by atoms with van der Waals surface area (Å²) in [5.74, 6) is 3.35. The molecule has 6 nitrogen and oxygen atoms in total. The minimum atomic E-state index is 0.630. The number of hydrogen-bond donors (Lipinski definition) is 2. The molecule has 0 saturated heterocycles. The van der Waals surface area contributed by atoms with Gasteiger partial charge in [-0.15, -0.1) is 0 Å². The van der Waals surface area contributed by atoms with Gasteiger partial charge in [0.1, 0.15) is 26.4 Å². The van der Waals surface area contributed by atoms with E-state index in [1.807, 2.05) is 48.8 Å². The Labute approximate surface area is 149 Å². The molecule has 26 heavy (non-hydrogen) atoms. The lowest BCUT2D eigenvalue weighted by molar-refractivity contribution is 0.173. The molecule has 6 rings (SSSR count). The zero-order valence-corrected chi connectivity index (χ0v) is 14.1. The Morgan fingerprint density at radius 1 is 0.538 bits per heavy atom. The second-order valence-electron chi connectivity index (χ2n) is 6.06. The third-order valence-corrected chi connectivity index (χ3v) is 4.46. The van der Waals surface area contributed by atoms with Crippen LogP contribution < -0.4 is 18.9 Å². The van der Waals surface area contributed by atoms with Gasteiger partial charge in [-0.05, 0) is 36.4 Å². The van der Waals surface area contributed by atoms with Gasteiger partial charge in [-0.3, -0.25) is 0 Å². The molecular formula is C20H18N2O4. The molecule has 0 amide bonds. The van der Waals surface area contributed by atoms with Crippen molar-refractivity contribution in [3.8, 4) is 23.0 Å². The van der Waals surface area contributed by atoms with Crippen LogP contribution in [0, 0.1) is 0 Å². The maximum Gasteiger partial charge on any atom is 0.185 e. The van der Waals surface area contributed by atoms with E-state index in [1.54, 1.807) is 0 Å². The van der Waals surface area contributed by atoms with Crippen molar-refractivity contribution in [2.24, 2.45) is 0 Å². The van der Waals surface area contributed by atoms with Gasteiger partial charge in [0, 0.05) is 23.2 Å². The number of rotatable bonds is 0. The Bertz CT molecular complexity index is 980. The normalized spacial score (nSPS) is 14.8. The molecule has 0 radical (unpaired) electrons. The lowest BCUT2D eigenvalue weighted by Gasteiger charge is -2.18. The van der Waals surface area contributed by atoms with E-state index >= 15 is 0 Å². The molecule has 2 aliphatic rings. The van der Waals surface area contributed by atoms with Crippen LogP contribution in [-0.2, 0) is 0 Å². The van der Waals surface area contributed by atoms with Crippen molar-refractivity contribution >= 4 is 21.8 Å². The van der Waals surface area contributed by atoms with E-state index < -0.39 is 0 Å². The van der Waals surface area contributed by atoms with Crippen molar-refractivity contribution in [3.05, 3.63) is 48.8 Å². The molecule has 0 fully saturated rings. The van der Waals surface area contributed by atoms with Crippen molar-refractivity contribution in [1.82, 2.24) is 9.97 Å². The van der Waals surface area contributed by atoms with Gasteiger partial charge in [0.15, 0.2) is 23.0 Å². The highest BCUT2D eigenvalue weighted by molar-refractivity contribution is 5.88. The molecule has 2 aromatic heterocycles. The quantitative estimate of drug-likeness (QED) is 0.505. The Morgan fingerprint density at radius 2 is 1.00 bits per heavy atom. The van der Waals surface area contributed by atoms with Crippen LogP contribution in [0.4, 0.5) is 0 Å². The molecule has 0 spiro atoms. The van der Waals surface area contributed by atoms with Crippen LogP contribution in [0.1, 0.15) is 0 Å². The highest BCUT2D eigenvalue weighted by atomic mass is 16.6. The minimum absolute atomic E-state index is 0.630. The third-order valence-electron chi connectivity index (χ3n) is 4.46. The molecule has 2 aliphatic heterocycles. The van der Waals surface area contributed by atoms with Gasteiger partial charge in [0.05, 0.1) is 11.0 Å². The van der Waals surface area contributed by atoms with Gasteiger partial charge in [-0.25, -0.2) is 0 Å². The van der Waals surface area contributed by atoms with Gasteiger partial charge < -0.3 is 28.9 Å². The van der Waals surface area contributed by atoms with E-state index in [4.69, 9.17) is 18.9 Å². The fraction of sp³-hybridized carbons (Fsp3) is 0.200. The maximum absolute atomic E-state index is 5.54. The molecule has 2 N–H and O–H groups in total. The molecular weight excluding hydrogens is 332 g/mol. The van der Waals surface area contributed by atoms with Gasteiger partial charge >= 0.3 is 0 Å². The van der Waals surface area contributed by atoms with Crippen LogP contribution in [-0.4, -0.2) is 36.4 Å². The van der Waals surface area contributed by atoms with E-state index in [2.05, 4.69) is 9.97 Å². The minimum Gasteiger partial charge on any atom is -0.486 e. The SMILES string of the molecule is c1cc2ccc3c(c2[nH]1)OCCO3.c1cc2ccc3c(c2[nH]1)OCCO3. The summed E-state index contributed by atoms with van der Waals surface area (Å²) in [6.07, 6.45) is 3.81. The number of H-pyrrole nitrogens is 2. The topological polar surface area (TPSA) is 68.5 Å². The van der Waals surface area contributed by atoms with Crippen LogP contribution in [0.25, 0.3) is 21.8 Å². The second-order valence-corrected chi connectivity index (χ2v) is 6.06. The first-order chi connectivity index (χ1) is 12.9. The van der Waals surface area contributed by atoms with Crippen LogP contribution in [0.3, 0.4) is 0 Å². The van der Waals surface area contributed by atoms with E-state index in [0.29, 0.717) is 26.4 Å². The summed E-state index contributed by atoms with van der Waals surface area (Å²) in [4.78, 5) is 6.29. The Hall–Kier alpha value is -3.28. The lowest BCUT2D eigenvalue weighted by Crippen LogP contribution is -2.15. The number of aromatic nitrogens is 2. The molecule has 2 aromatic carbocycles. The first-order valence-electron chi connectivity index (χ1n) is 8.61. The second kappa shape index (κ2) is 6.22. The molecule has 0 aliphatic carbocycles. The maximum atomic E-state index is 5.54. The number of hydrogen-bond acceptors (Lipinski definition) is 4. The first-order valence-corrected chi connectivity index (χ1v) is 8.61. The monoisotopic (exact) mass is 350 g/mol. The lowest BCUT2D eigenvalue weighted by atomic mass is 10.2. The summed E-state index contributed by atoms with van der Waals surface area (Å²) < 4.78 is 22.0. The van der Waals surface area contributed by atoms with E-state index in [9.17, 15) is 0 Å². The number of fused-ring (bicyclic) bond motifs is 6. The summed E-state index contributed by atoms with van der Waals surface area (Å²) in [7, 11) is 0. The smallest absolute Gasteiger partial charge is 0.185 e. The van der Waals surface area contributed by atoms with Gasteiger partial charge in [-0.1, -0.05) is 0 Å². The predicted octanol–water partition coefficient (Wildman–Crippen LogP) is 3.88. The summed E-state index contributed by atoms with van der Waals surface area (Å²) >= 11 is 0. The van der Waals surface area contributed by atoms with Crippen molar-refractivity contribution in [3.63, 3.8) is 0 Å². The van der Waals surface area contributed by atoms with Crippen molar-refractivity contribution in [1.29, 1.82) is 0 Å². The van der Waals surface area contributed by atoms with E-state index in [1.165, 1.54) is 0 Å². The zero-order valence-electron chi connectivity index (χ0n) is 14.1. The van der Waals surface area contributed by atoms with Crippen LogP contribution in [0.2, 0.25) is 0 Å². The summed E-state index contributed by atoms with van der Waals surface area (Å²) in [6.45, 7) is 2.54. The number of nitrogens with one attached hydrogen (secondary N) is 2. The average Bonchev–Trinajstić information content (AvgIpc) is 3.38. The van der Waals surface area contributed by atoms with E-state index in [0.717, 1.165) is 44.8 Å². The highest BCUT2D eigenvalue weighted by Gasteiger charge is 2.15. The largest absolute Gasteiger partial charge is 0.486 e. The number of benzene rings is 2. The Morgan fingerprint density at radius 3 is 1.50 bits per heavy atom. The molecule has 6 heteroatoms. The Balaban J connectivity index is 0.000000115. The summed E-state index contributed by atoms with van der Waals surface area (Å²) in [6, 6.07) is 12.0. The van der Waals surface area contributed by atoms with Crippen molar-refractivity contribution in [2.75, 3.05) is 26.4 Å². The van der Waals surface area contributed by atoms with Crippen LogP contribution >= 0.6 is 0 Å². The van der Waals surface area contributed by atoms with Crippen molar-refractivity contribution in [2.45, 2.75) is 0 Å². The molecule has 132 valence electrons. The van der Waals surface area contributed by atoms with Gasteiger partial charge in [0.25, 0.3) is 0 Å². The molecule has 0 bridgehead atoms. The van der Waals surface area contributed by atoms with Gasteiger partial charge in [-0.2, -0.15) is 0 Å². The summed E-state index contributed by atoms with van der Waals surface area (Å²) in [5, 5.41) is 2.31. The number of aromatic amines is 2. The first kappa shape index (κ1) is 15.0. The standard InChI is InChI=1S/2C10H9NO2/c2*1-2-8-10(13-6-5-12-8)9-7(1)3-4-11-9/h2*1-4,11H,5-6H2. The van der Waals surface area contributed by atoms with Crippen LogP contribution in [0.15, 0.2) is 48.8 Å². The molecule has 4 aromatic rings. The van der Waals surface area contributed by atoms with Gasteiger partial charge in [0.2, 0.25) is 0 Å². The highest BCUT2D eigenvalue weighted by Crippen LogP contribution is 2.37. The zero-order chi connectivity index (χ0) is 17.3. The molecule has 0 atom stereocenters. The predicted molar refractivity (Wildman–Crippen MR) is 98.6 cm³/mol. The molecule has 0 unspecified atom stereocenters. The summed E-state index contributed by atoms with van der Waals surface area (Å²) in [5.41, 5.74) is 2.05. The number of ether oxygens (including phenoxy) is 4. The van der Waals surface area contributed by atoms with Crippen molar-refractivity contribution < 1.29 is 18.9 Å².